The van der Waals surface area contributed by atoms with E-state index in [1.54, 1.807) is 41.3 Å². The molecule has 190 valence electrons. The van der Waals surface area contributed by atoms with Gasteiger partial charge in [-0.2, -0.15) is 0 Å². The Balaban J connectivity index is 2.02. The molecule has 36 heavy (non-hydrogen) atoms. The zero-order chi connectivity index (χ0) is 26.5. The van der Waals surface area contributed by atoms with Crippen molar-refractivity contribution in [3.63, 3.8) is 0 Å². The number of rotatable bonds is 8. The van der Waals surface area contributed by atoms with Gasteiger partial charge in [-0.25, -0.2) is 0 Å². The number of hydrogen-bond donors (Lipinski definition) is 1. The van der Waals surface area contributed by atoms with Gasteiger partial charge < -0.3 is 10.2 Å². The van der Waals surface area contributed by atoms with Crippen LogP contribution in [0, 0.1) is 0 Å². The lowest BCUT2D eigenvalue weighted by Crippen LogP contribution is -2.54. The molecular formula is C28H28Cl4N2O2. The average Bonchev–Trinajstić information content (AvgIpc) is 2.80. The Morgan fingerprint density at radius 1 is 0.778 bits per heavy atom. The molecule has 0 spiro atoms. The van der Waals surface area contributed by atoms with E-state index in [4.69, 9.17) is 46.4 Å². The fraction of sp³-hybridized carbons (Fsp3) is 0.286. The highest BCUT2D eigenvalue weighted by atomic mass is 35.5. The van der Waals surface area contributed by atoms with Gasteiger partial charge >= 0.3 is 0 Å². The second-order valence-corrected chi connectivity index (χ2v) is 11.3. The third kappa shape index (κ3) is 8.14. The summed E-state index contributed by atoms with van der Waals surface area (Å²) in [5.41, 5.74) is 1.92. The summed E-state index contributed by atoms with van der Waals surface area (Å²) in [7, 11) is 0. The van der Waals surface area contributed by atoms with E-state index in [9.17, 15) is 9.59 Å². The topological polar surface area (TPSA) is 49.4 Å². The lowest BCUT2D eigenvalue weighted by molar-refractivity contribution is -0.141. The van der Waals surface area contributed by atoms with Gasteiger partial charge in [0.25, 0.3) is 0 Å². The molecule has 0 radical (unpaired) electrons. The lowest BCUT2D eigenvalue weighted by Gasteiger charge is -2.34. The first kappa shape index (κ1) is 28.3. The molecule has 0 unspecified atom stereocenters. The van der Waals surface area contributed by atoms with Crippen LogP contribution in [0.2, 0.25) is 20.1 Å². The Morgan fingerprint density at radius 2 is 1.33 bits per heavy atom. The van der Waals surface area contributed by atoms with Crippen molar-refractivity contribution in [1.29, 1.82) is 0 Å². The predicted octanol–water partition coefficient (Wildman–Crippen LogP) is 7.40. The Morgan fingerprint density at radius 3 is 1.89 bits per heavy atom. The molecule has 2 amide bonds. The summed E-state index contributed by atoms with van der Waals surface area (Å²) in [4.78, 5) is 29.0. The molecule has 3 aromatic rings. The summed E-state index contributed by atoms with van der Waals surface area (Å²) in [6.45, 7) is 5.90. The average molecular weight is 566 g/mol. The number of benzene rings is 3. The number of halogens is 4. The highest BCUT2D eigenvalue weighted by Gasteiger charge is 2.32. The third-order valence-electron chi connectivity index (χ3n) is 5.45. The minimum Gasteiger partial charge on any atom is -0.350 e. The van der Waals surface area contributed by atoms with Gasteiger partial charge in [-0.3, -0.25) is 9.59 Å². The lowest BCUT2D eigenvalue weighted by atomic mass is 10.00. The van der Waals surface area contributed by atoms with E-state index in [1.165, 1.54) is 0 Å². The van der Waals surface area contributed by atoms with E-state index in [1.807, 2.05) is 51.1 Å². The molecule has 8 heteroatoms. The minimum absolute atomic E-state index is 0.0479. The van der Waals surface area contributed by atoms with Crippen LogP contribution in [0.5, 0.6) is 0 Å². The van der Waals surface area contributed by atoms with Crippen LogP contribution in [0.4, 0.5) is 0 Å². The second kappa shape index (κ2) is 12.3. The highest BCUT2D eigenvalue weighted by molar-refractivity contribution is 6.42. The van der Waals surface area contributed by atoms with Crippen LogP contribution in [0.1, 0.15) is 37.5 Å². The molecule has 3 rings (SSSR count). The SMILES string of the molecule is CC(C)(C)NC(=O)[C@@H](Cc1ccccc1)N(Cc1ccc(Cl)c(Cl)c1)C(=O)Cc1ccc(Cl)c(Cl)c1. The summed E-state index contributed by atoms with van der Waals surface area (Å²) < 4.78 is 0. The first-order valence-corrected chi connectivity index (χ1v) is 13.0. The summed E-state index contributed by atoms with van der Waals surface area (Å²) >= 11 is 24.6. The fourth-order valence-corrected chi connectivity index (χ4v) is 4.41. The first-order valence-electron chi connectivity index (χ1n) is 11.5. The molecule has 0 aliphatic rings. The van der Waals surface area contributed by atoms with E-state index < -0.39 is 11.6 Å². The number of nitrogens with one attached hydrogen (secondary N) is 1. The van der Waals surface area contributed by atoms with Crippen molar-refractivity contribution >= 4 is 58.2 Å². The van der Waals surface area contributed by atoms with Gasteiger partial charge in [0.05, 0.1) is 26.5 Å². The van der Waals surface area contributed by atoms with Crippen molar-refractivity contribution in [3.8, 4) is 0 Å². The van der Waals surface area contributed by atoms with Crippen LogP contribution in [-0.2, 0) is 29.0 Å². The monoisotopic (exact) mass is 564 g/mol. The van der Waals surface area contributed by atoms with E-state index in [-0.39, 0.29) is 24.8 Å². The normalized spacial score (nSPS) is 12.2. The van der Waals surface area contributed by atoms with Crippen molar-refractivity contribution in [2.24, 2.45) is 0 Å². The molecule has 0 heterocycles. The van der Waals surface area contributed by atoms with E-state index >= 15 is 0 Å². The molecule has 4 nitrogen and oxygen atoms in total. The van der Waals surface area contributed by atoms with Crippen molar-refractivity contribution in [3.05, 3.63) is 104 Å². The minimum atomic E-state index is -0.767. The van der Waals surface area contributed by atoms with Gasteiger partial charge in [0, 0.05) is 18.5 Å². The molecule has 1 atom stereocenters. The Labute approximate surface area is 232 Å². The maximum atomic E-state index is 13.8. The van der Waals surface area contributed by atoms with E-state index in [0.717, 1.165) is 11.1 Å². The van der Waals surface area contributed by atoms with Crippen molar-refractivity contribution in [1.82, 2.24) is 10.2 Å². The molecule has 0 aliphatic carbocycles. The Kier molecular flexibility index (Phi) is 9.71. The molecule has 0 saturated heterocycles. The fourth-order valence-electron chi connectivity index (χ4n) is 3.77. The first-order chi connectivity index (χ1) is 16.9. The number of amides is 2. The van der Waals surface area contributed by atoms with Crippen molar-refractivity contribution in [2.45, 2.75) is 51.7 Å². The van der Waals surface area contributed by atoms with Crippen LogP contribution in [0.3, 0.4) is 0 Å². The van der Waals surface area contributed by atoms with Crippen LogP contribution in [-0.4, -0.2) is 28.3 Å². The summed E-state index contributed by atoms with van der Waals surface area (Å²) in [5.74, 6) is -0.474. The largest absolute Gasteiger partial charge is 0.350 e. The molecule has 0 saturated carbocycles. The van der Waals surface area contributed by atoms with Gasteiger partial charge in [-0.1, -0.05) is 88.9 Å². The van der Waals surface area contributed by atoms with Crippen LogP contribution < -0.4 is 5.32 Å². The zero-order valence-corrected chi connectivity index (χ0v) is 23.3. The molecule has 0 aromatic heterocycles. The molecule has 0 fully saturated rings. The molecule has 1 N–H and O–H groups in total. The maximum absolute atomic E-state index is 13.8. The number of carbonyl (C=O) groups excluding carboxylic acids is 2. The van der Waals surface area contributed by atoms with E-state index in [0.29, 0.717) is 32.1 Å². The zero-order valence-electron chi connectivity index (χ0n) is 20.3. The summed E-state index contributed by atoms with van der Waals surface area (Å²) in [6, 6.07) is 19.1. The van der Waals surface area contributed by atoms with Gasteiger partial charge in [0.2, 0.25) is 11.8 Å². The summed E-state index contributed by atoms with van der Waals surface area (Å²) in [5, 5.41) is 4.61. The Hall–Kier alpha value is -2.24. The van der Waals surface area contributed by atoms with Crippen LogP contribution in [0.25, 0.3) is 0 Å². The second-order valence-electron chi connectivity index (χ2n) is 9.64. The number of carbonyl (C=O) groups is 2. The molecule has 3 aromatic carbocycles. The number of nitrogens with zero attached hydrogens (tertiary/aromatic N) is 1. The molecular weight excluding hydrogens is 538 g/mol. The van der Waals surface area contributed by atoms with E-state index in [2.05, 4.69) is 5.32 Å². The quantitative estimate of drug-likeness (QED) is 0.309. The number of hydrogen-bond acceptors (Lipinski definition) is 2. The van der Waals surface area contributed by atoms with Crippen molar-refractivity contribution < 1.29 is 9.59 Å². The predicted molar refractivity (Wildman–Crippen MR) is 149 cm³/mol. The van der Waals surface area contributed by atoms with Gasteiger partial charge in [0.1, 0.15) is 6.04 Å². The third-order valence-corrected chi connectivity index (χ3v) is 6.92. The van der Waals surface area contributed by atoms with Gasteiger partial charge in [-0.05, 0) is 61.7 Å². The maximum Gasteiger partial charge on any atom is 0.243 e. The van der Waals surface area contributed by atoms with Crippen LogP contribution in [0.15, 0.2) is 66.7 Å². The molecule has 0 aliphatic heterocycles. The smallest absolute Gasteiger partial charge is 0.243 e. The van der Waals surface area contributed by atoms with Gasteiger partial charge in [0.15, 0.2) is 0 Å². The summed E-state index contributed by atoms with van der Waals surface area (Å²) in [6.07, 6.45) is 0.392. The highest BCUT2D eigenvalue weighted by Crippen LogP contribution is 2.26. The van der Waals surface area contributed by atoms with Crippen molar-refractivity contribution in [2.75, 3.05) is 0 Å². The standard InChI is InChI=1S/C28H28Cl4N2O2/c1-28(2,3)33-27(36)25(15-18-7-5-4-6-8-18)34(17-20-10-12-22(30)24(32)14-20)26(35)16-19-9-11-21(29)23(31)13-19/h4-14,25H,15-17H2,1-3H3,(H,33,36)/t25-/m1/s1. The molecule has 0 bridgehead atoms. The Bertz CT molecular complexity index is 1230. The van der Waals surface area contributed by atoms with Gasteiger partial charge in [-0.15, -0.1) is 0 Å². The van der Waals surface area contributed by atoms with Crippen LogP contribution >= 0.6 is 46.4 Å².